The molecule has 0 aromatic carbocycles. The van der Waals surface area contributed by atoms with E-state index in [1.807, 2.05) is 10.9 Å². The Hall–Kier alpha value is -2.19. The molecule has 4 amide bonds. The summed E-state index contributed by atoms with van der Waals surface area (Å²) in [4.78, 5) is 32.2. The molecule has 16 heavy (non-hydrogen) atoms. The Balaban J connectivity index is 4.25. The number of rotatable bonds is 2. The predicted molar refractivity (Wildman–Crippen MR) is 52.5 cm³/mol. The fraction of sp³-hybridized carbons (Fsp3) is 0.571. The van der Waals surface area contributed by atoms with Crippen LogP contribution in [0.25, 0.3) is 0 Å². The molecule has 0 bridgehead atoms. The average molecular weight is 234 g/mol. The fourth-order valence-electron chi connectivity index (χ4n) is 0.794. The molecule has 0 saturated carbocycles. The minimum absolute atomic E-state index is 0.0436. The number of nitrogens with zero attached hydrogens (tertiary/aromatic N) is 2. The number of hydrogen-bond acceptors (Lipinski definition) is 3. The third kappa shape index (κ3) is 4.35. The summed E-state index contributed by atoms with van der Waals surface area (Å²) >= 11 is 0. The van der Waals surface area contributed by atoms with Crippen molar-refractivity contribution in [1.29, 1.82) is 0 Å². The molecule has 0 unspecified atom stereocenters. The molecule has 0 spiro atoms. The molecule has 0 aromatic heterocycles. The van der Waals surface area contributed by atoms with Gasteiger partial charge in [-0.05, 0) is 13.8 Å². The second-order valence-corrected chi connectivity index (χ2v) is 2.61. The van der Waals surface area contributed by atoms with E-state index in [2.05, 4.69) is 0 Å². The number of amides is 4. The van der Waals surface area contributed by atoms with Crippen LogP contribution in [0.1, 0.15) is 13.8 Å². The SMILES string of the molecule is CCN(NC(=O)NN(CC)C(=O)O)C(=O)O. The lowest BCUT2D eigenvalue weighted by Crippen LogP contribution is -2.55. The second-order valence-electron chi connectivity index (χ2n) is 2.61. The van der Waals surface area contributed by atoms with E-state index >= 15 is 0 Å². The summed E-state index contributed by atoms with van der Waals surface area (Å²) in [5, 5.41) is 18.4. The van der Waals surface area contributed by atoms with Gasteiger partial charge in [0.25, 0.3) is 0 Å². The van der Waals surface area contributed by atoms with Gasteiger partial charge in [-0.25, -0.2) is 35.3 Å². The van der Waals surface area contributed by atoms with Crippen molar-refractivity contribution in [3.8, 4) is 0 Å². The van der Waals surface area contributed by atoms with Gasteiger partial charge in [0.15, 0.2) is 0 Å². The molecule has 0 saturated heterocycles. The molecule has 0 rings (SSSR count). The Morgan fingerprint density at radius 3 is 1.44 bits per heavy atom. The van der Waals surface area contributed by atoms with Crippen molar-refractivity contribution in [3.05, 3.63) is 0 Å². The van der Waals surface area contributed by atoms with Crippen LogP contribution in [0, 0.1) is 0 Å². The Morgan fingerprint density at radius 1 is 0.938 bits per heavy atom. The Morgan fingerprint density at radius 2 is 1.25 bits per heavy atom. The highest BCUT2D eigenvalue weighted by atomic mass is 16.4. The van der Waals surface area contributed by atoms with Gasteiger partial charge in [-0.1, -0.05) is 0 Å². The van der Waals surface area contributed by atoms with Crippen molar-refractivity contribution >= 4 is 18.2 Å². The molecule has 0 aliphatic carbocycles. The summed E-state index contributed by atoms with van der Waals surface area (Å²) in [5.41, 5.74) is 3.93. The van der Waals surface area contributed by atoms with Gasteiger partial charge in [0.2, 0.25) is 0 Å². The van der Waals surface area contributed by atoms with Gasteiger partial charge in [-0.3, -0.25) is 0 Å². The highest BCUT2D eigenvalue weighted by molar-refractivity contribution is 5.79. The Bertz CT molecular complexity index is 256. The summed E-state index contributed by atoms with van der Waals surface area (Å²) in [6.45, 7) is 3.12. The third-order valence-electron chi connectivity index (χ3n) is 1.57. The molecule has 0 heterocycles. The maximum absolute atomic E-state index is 11.2. The standard InChI is InChI=1S/C7H14N4O5/c1-3-10(6(13)14)8-5(12)9-11(4-2)7(15)16/h3-4H2,1-2H3,(H,13,14)(H,15,16)(H2,8,9,12). The van der Waals surface area contributed by atoms with Crippen LogP contribution in [0.2, 0.25) is 0 Å². The van der Waals surface area contributed by atoms with Crippen molar-refractivity contribution in [1.82, 2.24) is 20.9 Å². The summed E-state index contributed by atoms with van der Waals surface area (Å²) in [5.74, 6) is 0. The molecule has 9 heteroatoms. The van der Waals surface area contributed by atoms with Gasteiger partial charge in [0.1, 0.15) is 0 Å². The highest BCUT2D eigenvalue weighted by Gasteiger charge is 2.16. The van der Waals surface area contributed by atoms with Crippen LogP contribution in [0.4, 0.5) is 14.4 Å². The zero-order chi connectivity index (χ0) is 12.7. The number of hydrogen-bond donors (Lipinski definition) is 4. The van der Waals surface area contributed by atoms with E-state index in [0.717, 1.165) is 0 Å². The van der Waals surface area contributed by atoms with Crippen molar-refractivity contribution in [2.75, 3.05) is 13.1 Å². The van der Waals surface area contributed by atoms with E-state index in [0.29, 0.717) is 10.0 Å². The van der Waals surface area contributed by atoms with Crippen LogP contribution < -0.4 is 10.9 Å². The molecule has 92 valence electrons. The van der Waals surface area contributed by atoms with Gasteiger partial charge in [0, 0.05) is 13.1 Å². The number of carbonyl (C=O) groups is 3. The number of carboxylic acid groups (broad SMARTS) is 2. The second kappa shape index (κ2) is 6.32. The Kier molecular flexibility index (Phi) is 5.46. The van der Waals surface area contributed by atoms with Gasteiger partial charge in [0.05, 0.1) is 0 Å². The van der Waals surface area contributed by atoms with Crippen molar-refractivity contribution < 1.29 is 24.6 Å². The minimum atomic E-state index is -1.34. The van der Waals surface area contributed by atoms with Gasteiger partial charge in [-0.2, -0.15) is 0 Å². The molecule has 0 aliphatic heterocycles. The van der Waals surface area contributed by atoms with E-state index in [4.69, 9.17) is 10.2 Å². The first-order valence-corrected chi connectivity index (χ1v) is 4.50. The summed E-state index contributed by atoms with van der Waals surface area (Å²) in [6.07, 6.45) is -2.67. The predicted octanol–water partition coefficient (Wildman–Crippen LogP) is 0.115. The van der Waals surface area contributed by atoms with Crippen LogP contribution in [-0.2, 0) is 0 Å². The quantitative estimate of drug-likeness (QED) is 0.505. The first-order chi connectivity index (χ1) is 7.42. The summed E-state index contributed by atoms with van der Waals surface area (Å²) < 4.78 is 0. The lowest BCUT2D eigenvalue weighted by atomic mass is 10.7. The molecular weight excluding hydrogens is 220 g/mol. The van der Waals surface area contributed by atoms with Crippen molar-refractivity contribution in [2.45, 2.75) is 13.8 Å². The number of urea groups is 1. The van der Waals surface area contributed by atoms with Gasteiger partial charge < -0.3 is 10.2 Å². The zero-order valence-corrected chi connectivity index (χ0v) is 8.93. The molecule has 0 fully saturated rings. The van der Waals surface area contributed by atoms with Gasteiger partial charge >= 0.3 is 18.2 Å². The lowest BCUT2D eigenvalue weighted by Gasteiger charge is -2.22. The normalized spacial score (nSPS) is 9.12. The van der Waals surface area contributed by atoms with E-state index in [-0.39, 0.29) is 13.1 Å². The van der Waals surface area contributed by atoms with Crippen LogP contribution in [0.15, 0.2) is 0 Å². The summed E-state index contributed by atoms with van der Waals surface area (Å²) in [6, 6.07) is -0.937. The van der Waals surface area contributed by atoms with E-state index in [9.17, 15) is 14.4 Å². The van der Waals surface area contributed by atoms with E-state index < -0.39 is 18.2 Å². The van der Waals surface area contributed by atoms with Crippen molar-refractivity contribution in [2.24, 2.45) is 0 Å². The monoisotopic (exact) mass is 234 g/mol. The average Bonchev–Trinajstić information content (AvgIpc) is 2.21. The summed E-state index contributed by atoms with van der Waals surface area (Å²) in [7, 11) is 0. The number of carbonyl (C=O) groups excluding carboxylic acids is 1. The largest absolute Gasteiger partial charge is 0.464 e. The topological polar surface area (TPSA) is 122 Å². The third-order valence-corrected chi connectivity index (χ3v) is 1.57. The van der Waals surface area contributed by atoms with E-state index in [1.54, 1.807) is 0 Å². The maximum Gasteiger partial charge on any atom is 0.426 e. The fourth-order valence-corrected chi connectivity index (χ4v) is 0.794. The van der Waals surface area contributed by atoms with Crippen LogP contribution in [0.3, 0.4) is 0 Å². The zero-order valence-electron chi connectivity index (χ0n) is 8.93. The number of hydrazine groups is 2. The van der Waals surface area contributed by atoms with E-state index in [1.165, 1.54) is 13.8 Å². The minimum Gasteiger partial charge on any atom is -0.464 e. The molecule has 0 atom stereocenters. The molecule has 0 radical (unpaired) electrons. The Labute approximate surface area is 91.6 Å². The molecule has 0 aromatic rings. The van der Waals surface area contributed by atoms with Gasteiger partial charge in [-0.15, -0.1) is 0 Å². The first-order valence-electron chi connectivity index (χ1n) is 4.50. The van der Waals surface area contributed by atoms with Crippen LogP contribution in [0.5, 0.6) is 0 Å². The first kappa shape index (κ1) is 13.8. The molecule has 4 N–H and O–H groups in total. The van der Waals surface area contributed by atoms with Crippen LogP contribution >= 0.6 is 0 Å². The lowest BCUT2D eigenvalue weighted by molar-refractivity contribution is 0.109. The van der Waals surface area contributed by atoms with Crippen molar-refractivity contribution in [3.63, 3.8) is 0 Å². The highest BCUT2D eigenvalue weighted by Crippen LogP contribution is 1.86. The molecule has 9 nitrogen and oxygen atoms in total. The smallest absolute Gasteiger partial charge is 0.426 e. The maximum atomic E-state index is 11.2. The van der Waals surface area contributed by atoms with Crippen LogP contribution in [-0.4, -0.2) is 51.5 Å². The molecule has 0 aliphatic rings. The molecular formula is C7H14N4O5. The number of nitrogens with one attached hydrogen (secondary N) is 2.